The van der Waals surface area contributed by atoms with Gasteiger partial charge in [0, 0.05) is 17.3 Å². The van der Waals surface area contributed by atoms with Crippen LogP contribution in [0.3, 0.4) is 0 Å². The van der Waals surface area contributed by atoms with Crippen LogP contribution >= 0.6 is 0 Å². The average molecular weight is 494 g/mol. The third-order valence-corrected chi connectivity index (χ3v) is 7.15. The van der Waals surface area contributed by atoms with Crippen LogP contribution in [0.15, 0.2) is 65.6 Å². The number of para-hydroxylation sites is 1. The zero-order valence-corrected chi connectivity index (χ0v) is 21.4. The molecular weight excluding hydrogens is 462 g/mol. The molecule has 184 valence electrons. The van der Waals surface area contributed by atoms with Crippen molar-refractivity contribution in [1.29, 1.82) is 0 Å². The van der Waals surface area contributed by atoms with Crippen molar-refractivity contribution in [3.63, 3.8) is 0 Å². The van der Waals surface area contributed by atoms with Crippen LogP contribution in [0.4, 0.5) is 11.4 Å². The second-order valence-electron chi connectivity index (χ2n) is 8.74. The Bertz CT molecular complexity index is 1350. The van der Waals surface area contributed by atoms with Gasteiger partial charge in [-0.15, -0.1) is 0 Å². The largest absolute Gasteiger partial charge is 0.350 e. The Balaban J connectivity index is 1.88. The predicted molar refractivity (Wildman–Crippen MR) is 140 cm³/mol. The van der Waals surface area contributed by atoms with Crippen LogP contribution in [0.5, 0.6) is 0 Å². The molecule has 0 fully saturated rings. The van der Waals surface area contributed by atoms with E-state index in [0.29, 0.717) is 22.5 Å². The highest BCUT2D eigenvalue weighted by atomic mass is 32.2. The van der Waals surface area contributed by atoms with Crippen LogP contribution in [0.1, 0.15) is 57.7 Å². The summed E-state index contributed by atoms with van der Waals surface area (Å²) in [4.78, 5) is 25.7. The number of amides is 2. The van der Waals surface area contributed by atoms with E-state index in [1.54, 1.807) is 55.5 Å². The fourth-order valence-corrected chi connectivity index (χ4v) is 4.97. The van der Waals surface area contributed by atoms with Crippen molar-refractivity contribution < 1.29 is 18.0 Å². The number of carbonyl (C=O) groups excluding carboxylic acids is 2. The minimum Gasteiger partial charge on any atom is -0.350 e. The lowest BCUT2D eigenvalue weighted by Gasteiger charge is -2.15. The molecule has 35 heavy (non-hydrogen) atoms. The van der Waals surface area contributed by atoms with Gasteiger partial charge in [0.25, 0.3) is 21.8 Å². The maximum atomic E-state index is 13.2. The Labute approximate surface area is 207 Å². The molecule has 3 N–H and O–H groups in total. The van der Waals surface area contributed by atoms with Crippen molar-refractivity contribution in [1.82, 2.24) is 5.32 Å². The summed E-state index contributed by atoms with van der Waals surface area (Å²) in [6.07, 6.45) is 0.775. The number of sulfonamides is 1. The zero-order valence-electron chi connectivity index (χ0n) is 20.6. The summed E-state index contributed by atoms with van der Waals surface area (Å²) >= 11 is 0. The second-order valence-corrected chi connectivity index (χ2v) is 10.4. The molecule has 0 radical (unpaired) electrons. The highest BCUT2D eigenvalue weighted by molar-refractivity contribution is 7.92. The van der Waals surface area contributed by atoms with Crippen LogP contribution in [-0.2, 0) is 10.0 Å². The Morgan fingerprint density at radius 3 is 2.20 bits per heavy atom. The molecule has 0 bridgehead atoms. The van der Waals surface area contributed by atoms with Gasteiger partial charge in [-0.25, -0.2) is 8.42 Å². The molecule has 0 aliphatic carbocycles. The Morgan fingerprint density at radius 1 is 0.886 bits per heavy atom. The first-order chi connectivity index (χ1) is 16.5. The first-order valence-electron chi connectivity index (χ1n) is 11.4. The molecule has 0 aliphatic rings. The summed E-state index contributed by atoms with van der Waals surface area (Å²) in [6, 6.07) is 16.6. The van der Waals surface area contributed by atoms with Gasteiger partial charge in [0.05, 0.1) is 16.1 Å². The lowest BCUT2D eigenvalue weighted by molar-refractivity contribution is 0.0940. The third kappa shape index (κ3) is 6.48. The first kappa shape index (κ1) is 26.0. The molecule has 0 aliphatic heterocycles. The first-order valence-corrected chi connectivity index (χ1v) is 12.9. The topological polar surface area (TPSA) is 104 Å². The summed E-state index contributed by atoms with van der Waals surface area (Å²) in [7, 11) is -3.94. The normalized spacial score (nSPS) is 12.0. The maximum Gasteiger partial charge on any atom is 0.262 e. The van der Waals surface area contributed by atoms with Crippen molar-refractivity contribution in [3.8, 4) is 0 Å². The lowest BCUT2D eigenvalue weighted by Crippen LogP contribution is -2.32. The Hall–Kier alpha value is -3.65. The van der Waals surface area contributed by atoms with Gasteiger partial charge in [-0.3, -0.25) is 14.3 Å². The van der Waals surface area contributed by atoms with Crippen molar-refractivity contribution in [2.75, 3.05) is 10.0 Å². The maximum absolute atomic E-state index is 13.2. The van der Waals surface area contributed by atoms with Gasteiger partial charge in [-0.2, -0.15) is 0 Å². The summed E-state index contributed by atoms with van der Waals surface area (Å²) < 4.78 is 28.9. The quantitative estimate of drug-likeness (QED) is 0.401. The van der Waals surface area contributed by atoms with E-state index in [-0.39, 0.29) is 22.4 Å². The third-order valence-electron chi connectivity index (χ3n) is 5.62. The zero-order chi connectivity index (χ0) is 25.8. The van der Waals surface area contributed by atoms with E-state index in [4.69, 9.17) is 0 Å². The molecule has 8 heteroatoms. The summed E-state index contributed by atoms with van der Waals surface area (Å²) in [5.74, 6) is -0.809. The second kappa shape index (κ2) is 10.7. The monoisotopic (exact) mass is 493 g/mol. The summed E-state index contributed by atoms with van der Waals surface area (Å²) in [6.45, 7) is 9.33. The van der Waals surface area contributed by atoms with Crippen molar-refractivity contribution in [2.24, 2.45) is 0 Å². The smallest absolute Gasteiger partial charge is 0.262 e. The Kier molecular flexibility index (Phi) is 7.96. The Morgan fingerprint density at radius 2 is 1.54 bits per heavy atom. The number of hydrogen-bond acceptors (Lipinski definition) is 4. The van der Waals surface area contributed by atoms with E-state index in [9.17, 15) is 18.0 Å². The molecule has 2 amide bonds. The lowest BCUT2D eigenvalue weighted by atomic mass is 10.1. The predicted octanol–water partition coefficient (Wildman–Crippen LogP) is 5.19. The van der Waals surface area contributed by atoms with Gasteiger partial charge >= 0.3 is 0 Å². The molecule has 0 aromatic heterocycles. The number of benzene rings is 3. The molecular formula is C27H31N3O4S. The molecule has 0 spiro atoms. The summed E-state index contributed by atoms with van der Waals surface area (Å²) in [5.41, 5.74) is 3.67. The number of rotatable bonds is 8. The van der Waals surface area contributed by atoms with E-state index in [2.05, 4.69) is 15.4 Å². The molecule has 3 rings (SSSR count). The van der Waals surface area contributed by atoms with E-state index < -0.39 is 15.9 Å². The SMILES string of the molecule is CCC(C)NC(=O)c1ccccc1NC(=O)c1ccc(C)c(S(=O)(=O)Nc2cc(C)cc(C)c2)c1. The minimum atomic E-state index is -3.94. The molecule has 0 saturated heterocycles. The summed E-state index contributed by atoms with van der Waals surface area (Å²) in [5, 5.41) is 5.64. The van der Waals surface area contributed by atoms with Crippen LogP contribution in [0.25, 0.3) is 0 Å². The van der Waals surface area contributed by atoms with Crippen molar-refractivity contribution >= 4 is 33.2 Å². The number of nitrogens with one attached hydrogen (secondary N) is 3. The molecule has 3 aromatic rings. The van der Waals surface area contributed by atoms with Crippen molar-refractivity contribution in [2.45, 2.75) is 52.0 Å². The fraction of sp³-hybridized carbons (Fsp3) is 0.259. The van der Waals surface area contributed by atoms with Crippen LogP contribution in [-0.4, -0.2) is 26.3 Å². The van der Waals surface area contributed by atoms with Gasteiger partial charge < -0.3 is 10.6 Å². The minimum absolute atomic E-state index is 0.00658. The van der Waals surface area contributed by atoms with Crippen LogP contribution < -0.4 is 15.4 Å². The fourth-order valence-electron chi connectivity index (χ4n) is 3.66. The van der Waals surface area contributed by atoms with Crippen LogP contribution in [0.2, 0.25) is 0 Å². The van der Waals surface area contributed by atoms with E-state index >= 15 is 0 Å². The highest BCUT2D eigenvalue weighted by Crippen LogP contribution is 2.24. The highest BCUT2D eigenvalue weighted by Gasteiger charge is 2.21. The van der Waals surface area contributed by atoms with Gasteiger partial charge in [-0.05, 0) is 87.2 Å². The van der Waals surface area contributed by atoms with E-state index in [1.807, 2.05) is 33.8 Å². The average Bonchev–Trinajstić information content (AvgIpc) is 2.78. The van der Waals surface area contributed by atoms with Gasteiger partial charge in [0.2, 0.25) is 0 Å². The van der Waals surface area contributed by atoms with Crippen molar-refractivity contribution in [3.05, 3.63) is 88.5 Å². The van der Waals surface area contributed by atoms with Gasteiger partial charge in [0.15, 0.2) is 0 Å². The van der Waals surface area contributed by atoms with E-state index in [0.717, 1.165) is 17.5 Å². The number of anilines is 2. The standard InChI is InChI=1S/C27H31N3O4S/c1-6-20(5)28-27(32)23-9-7-8-10-24(23)29-26(31)21-12-11-19(4)25(16-21)35(33,34)30-22-14-17(2)13-18(3)15-22/h7-16,20,30H,6H2,1-5H3,(H,28,32)(H,29,31). The number of aryl methyl sites for hydroxylation is 3. The molecule has 7 nitrogen and oxygen atoms in total. The molecule has 3 aromatic carbocycles. The van der Waals surface area contributed by atoms with Gasteiger partial charge in [-0.1, -0.05) is 31.2 Å². The molecule has 0 saturated carbocycles. The van der Waals surface area contributed by atoms with Gasteiger partial charge in [0.1, 0.15) is 0 Å². The van der Waals surface area contributed by atoms with E-state index in [1.165, 1.54) is 6.07 Å². The number of carbonyl (C=O) groups is 2. The van der Waals surface area contributed by atoms with Crippen LogP contribution in [0, 0.1) is 20.8 Å². The molecule has 0 heterocycles. The number of hydrogen-bond donors (Lipinski definition) is 3. The molecule has 1 atom stereocenters. The molecule has 1 unspecified atom stereocenters.